The van der Waals surface area contributed by atoms with Crippen LogP contribution >= 0.6 is 0 Å². The minimum Gasteiger partial charge on any atom is -0.394 e. The molecule has 1 saturated carbocycles. The topological polar surface area (TPSA) is 57.2 Å². The number of hydrogen-bond donors (Lipinski definition) is 3. The minimum atomic E-state index is -0.120. The normalized spacial score (nSPS) is 18.0. The van der Waals surface area contributed by atoms with Gasteiger partial charge in [-0.15, -0.1) is 0 Å². The number of aliphatic hydroxyl groups excluding tert-OH is 1. The molecule has 1 heterocycles. The van der Waals surface area contributed by atoms with Crippen LogP contribution in [0.1, 0.15) is 32.6 Å². The van der Waals surface area contributed by atoms with E-state index in [2.05, 4.69) is 15.6 Å². The molecule has 0 spiro atoms. The largest absolute Gasteiger partial charge is 0.394 e. The summed E-state index contributed by atoms with van der Waals surface area (Å²) in [6.07, 6.45) is 6.27. The van der Waals surface area contributed by atoms with Crippen LogP contribution in [0, 0.1) is 0 Å². The molecule has 0 atom stereocenters. The maximum atomic E-state index is 9.56. The summed E-state index contributed by atoms with van der Waals surface area (Å²) in [5, 5.41) is 16.2. The molecule has 2 rings (SSSR count). The highest BCUT2D eigenvalue weighted by Crippen LogP contribution is 2.32. The Bertz CT molecular complexity index is 361. The zero-order chi connectivity index (χ0) is 12.1. The molecular formula is C13H21N3O. The van der Waals surface area contributed by atoms with Crippen LogP contribution in [0.2, 0.25) is 0 Å². The van der Waals surface area contributed by atoms with Crippen LogP contribution in [0.25, 0.3) is 0 Å². The van der Waals surface area contributed by atoms with Crippen molar-refractivity contribution < 1.29 is 5.11 Å². The molecule has 3 N–H and O–H groups in total. The second-order valence-electron chi connectivity index (χ2n) is 4.73. The predicted octanol–water partition coefficient (Wildman–Crippen LogP) is 2.23. The smallest absolute Gasteiger partial charge is 0.127 e. The highest BCUT2D eigenvalue weighted by atomic mass is 16.3. The second kappa shape index (κ2) is 5.36. The highest BCUT2D eigenvalue weighted by Gasteiger charge is 2.32. The van der Waals surface area contributed by atoms with Gasteiger partial charge in [0.25, 0.3) is 0 Å². The zero-order valence-electron chi connectivity index (χ0n) is 10.4. The van der Waals surface area contributed by atoms with Gasteiger partial charge in [0.1, 0.15) is 5.82 Å². The van der Waals surface area contributed by atoms with Crippen LogP contribution in [0.3, 0.4) is 0 Å². The Hall–Kier alpha value is -1.29. The SMILES string of the molecule is CCNc1cc(NC2(CO)CCCC2)ccn1. The van der Waals surface area contributed by atoms with E-state index in [1.807, 2.05) is 19.1 Å². The molecule has 0 aliphatic heterocycles. The number of aliphatic hydroxyl groups is 1. The van der Waals surface area contributed by atoms with Gasteiger partial charge in [0, 0.05) is 24.5 Å². The van der Waals surface area contributed by atoms with Gasteiger partial charge in [-0.1, -0.05) is 12.8 Å². The maximum Gasteiger partial charge on any atom is 0.127 e. The van der Waals surface area contributed by atoms with Crippen LogP contribution in [-0.4, -0.2) is 28.8 Å². The Morgan fingerprint density at radius 3 is 2.82 bits per heavy atom. The Morgan fingerprint density at radius 1 is 1.41 bits per heavy atom. The molecule has 0 amide bonds. The van der Waals surface area contributed by atoms with Crippen LogP contribution in [0.15, 0.2) is 18.3 Å². The molecule has 0 aromatic carbocycles. The molecule has 17 heavy (non-hydrogen) atoms. The monoisotopic (exact) mass is 235 g/mol. The van der Waals surface area contributed by atoms with Crippen molar-refractivity contribution >= 4 is 11.5 Å². The molecule has 1 aromatic heterocycles. The first-order valence-electron chi connectivity index (χ1n) is 6.37. The Balaban J connectivity index is 2.09. The van der Waals surface area contributed by atoms with Crippen molar-refractivity contribution in [2.75, 3.05) is 23.8 Å². The molecule has 94 valence electrons. The van der Waals surface area contributed by atoms with Crippen LogP contribution < -0.4 is 10.6 Å². The average Bonchev–Trinajstić information content (AvgIpc) is 2.79. The third-order valence-corrected chi connectivity index (χ3v) is 3.39. The number of anilines is 2. The summed E-state index contributed by atoms with van der Waals surface area (Å²) >= 11 is 0. The lowest BCUT2D eigenvalue weighted by atomic mass is 9.98. The van der Waals surface area contributed by atoms with Crippen molar-refractivity contribution in [3.8, 4) is 0 Å². The van der Waals surface area contributed by atoms with E-state index < -0.39 is 0 Å². The quantitative estimate of drug-likeness (QED) is 0.732. The molecule has 0 bridgehead atoms. The van der Waals surface area contributed by atoms with E-state index >= 15 is 0 Å². The van der Waals surface area contributed by atoms with E-state index in [0.29, 0.717) is 0 Å². The fraction of sp³-hybridized carbons (Fsp3) is 0.615. The summed E-state index contributed by atoms with van der Waals surface area (Å²) in [6.45, 7) is 3.11. The molecule has 4 heteroatoms. The van der Waals surface area contributed by atoms with Gasteiger partial charge < -0.3 is 15.7 Å². The summed E-state index contributed by atoms with van der Waals surface area (Å²) in [4.78, 5) is 4.24. The zero-order valence-corrected chi connectivity index (χ0v) is 10.4. The van der Waals surface area contributed by atoms with Gasteiger partial charge in [0.15, 0.2) is 0 Å². The van der Waals surface area contributed by atoms with Gasteiger partial charge in [-0.05, 0) is 25.8 Å². The van der Waals surface area contributed by atoms with Gasteiger partial charge in [-0.3, -0.25) is 0 Å². The van der Waals surface area contributed by atoms with Crippen LogP contribution in [-0.2, 0) is 0 Å². The van der Waals surface area contributed by atoms with Crippen molar-refractivity contribution in [1.29, 1.82) is 0 Å². The van der Waals surface area contributed by atoms with E-state index in [-0.39, 0.29) is 12.1 Å². The fourth-order valence-corrected chi connectivity index (χ4v) is 2.47. The second-order valence-corrected chi connectivity index (χ2v) is 4.73. The van der Waals surface area contributed by atoms with E-state index in [4.69, 9.17) is 0 Å². The number of hydrogen-bond acceptors (Lipinski definition) is 4. The molecule has 1 aliphatic carbocycles. The van der Waals surface area contributed by atoms with Crippen molar-refractivity contribution in [2.24, 2.45) is 0 Å². The summed E-state index contributed by atoms with van der Waals surface area (Å²) in [7, 11) is 0. The maximum absolute atomic E-state index is 9.56. The van der Waals surface area contributed by atoms with Gasteiger partial charge in [-0.25, -0.2) is 4.98 Å². The summed E-state index contributed by atoms with van der Waals surface area (Å²) in [5.41, 5.74) is 0.914. The number of nitrogens with zero attached hydrogens (tertiary/aromatic N) is 1. The van der Waals surface area contributed by atoms with Crippen molar-refractivity contribution in [1.82, 2.24) is 4.98 Å². The number of pyridine rings is 1. The third-order valence-electron chi connectivity index (χ3n) is 3.39. The van der Waals surface area contributed by atoms with E-state index in [1.165, 1.54) is 12.8 Å². The lowest BCUT2D eigenvalue weighted by Crippen LogP contribution is -2.39. The first kappa shape index (κ1) is 12.2. The van der Waals surface area contributed by atoms with Crippen LogP contribution in [0.5, 0.6) is 0 Å². The Labute approximate surface area is 102 Å². The lowest BCUT2D eigenvalue weighted by Gasteiger charge is -2.29. The van der Waals surface area contributed by atoms with E-state index in [9.17, 15) is 5.11 Å². The highest BCUT2D eigenvalue weighted by molar-refractivity contribution is 5.53. The summed E-state index contributed by atoms with van der Waals surface area (Å²) < 4.78 is 0. The molecule has 0 saturated heterocycles. The Morgan fingerprint density at radius 2 is 2.18 bits per heavy atom. The summed E-state index contributed by atoms with van der Waals surface area (Å²) in [6, 6.07) is 3.95. The molecule has 4 nitrogen and oxygen atoms in total. The third kappa shape index (κ3) is 2.88. The molecule has 0 radical (unpaired) electrons. The van der Waals surface area contributed by atoms with Gasteiger partial charge in [-0.2, -0.15) is 0 Å². The van der Waals surface area contributed by atoms with E-state index in [0.717, 1.165) is 30.9 Å². The van der Waals surface area contributed by atoms with Gasteiger partial charge in [0.2, 0.25) is 0 Å². The molecular weight excluding hydrogens is 214 g/mol. The number of nitrogens with one attached hydrogen (secondary N) is 2. The minimum absolute atomic E-state index is 0.120. The fourth-order valence-electron chi connectivity index (χ4n) is 2.47. The number of aromatic nitrogens is 1. The van der Waals surface area contributed by atoms with Gasteiger partial charge >= 0.3 is 0 Å². The van der Waals surface area contributed by atoms with Crippen molar-refractivity contribution in [3.05, 3.63) is 18.3 Å². The van der Waals surface area contributed by atoms with Crippen molar-refractivity contribution in [2.45, 2.75) is 38.1 Å². The first-order valence-corrected chi connectivity index (χ1v) is 6.37. The number of rotatable bonds is 5. The standard InChI is InChI=1S/C13H21N3O/c1-2-14-12-9-11(5-8-15-12)16-13(10-17)6-3-4-7-13/h5,8-9,17H,2-4,6-7,10H2,1H3,(H2,14,15,16). The lowest BCUT2D eigenvalue weighted by molar-refractivity contribution is 0.214. The van der Waals surface area contributed by atoms with E-state index in [1.54, 1.807) is 6.20 Å². The van der Waals surface area contributed by atoms with Gasteiger partial charge in [0.05, 0.1) is 12.1 Å². The first-order chi connectivity index (χ1) is 8.28. The molecule has 1 aliphatic rings. The molecule has 1 fully saturated rings. The van der Waals surface area contributed by atoms with Crippen LogP contribution in [0.4, 0.5) is 11.5 Å². The molecule has 1 aromatic rings. The van der Waals surface area contributed by atoms with Crippen molar-refractivity contribution in [3.63, 3.8) is 0 Å². The average molecular weight is 235 g/mol. The Kier molecular flexibility index (Phi) is 3.84. The predicted molar refractivity (Wildman–Crippen MR) is 70.3 cm³/mol. The molecule has 0 unspecified atom stereocenters. The summed E-state index contributed by atoms with van der Waals surface area (Å²) in [5.74, 6) is 0.878.